The lowest BCUT2D eigenvalue weighted by molar-refractivity contribution is -0.146. The second-order valence-electron chi connectivity index (χ2n) is 6.03. The molecule has 2 amide bonds. The predicted octanol–water partition coefficient (Wildman–Crippen LogP) is 1.63. The normalized spacial score (nSPS) is 20.7. The molecule has 1 aliphatic heterocycles. The van der Waals surface area contributed by atoms with Crippen molar-refractivity contribution >= 4 is 17.7 Å². The van der Waals surface area contributed by atoms with Gasteiger partial charge in [0.1, 0.15) is 0 Å². The average molecular weight is 305 g/mol. The molecular formula is C16H23N3O3. The lowest BCUT2D eigenvalue weighted by Crippen LogP contribution is -2.43. The van der Waals surface area contributed by atoms with Crippen LogP contribution in [0.2, 0.25) is 0 Å². The monoisotopic (exact) mass is 305 g/mol. The van der Waals surface area contributed by atoms with E-state index < -0.39 is 11.4 Å². The maximum atomic E-state index is 12.1. The van der Waals surface area contributed by atoms with Crippen molar-refractivity contribution < 1.29 is 14.7 Å². The van der Waals surface area contributed by atoms with Gasteiger partial charge >= 0.3 is 12.0 Å². The van der Waals surface area contributed by atoms with Crippen LogP contribution < -0.4 is 10.2 Å². The number of carbonyl (C=O) groups excluding carboxylic acids is 1. The van der Waals surface area contributed by atoms with E-state index in [2.05, 4.69) is 10.2 Å². The summed E-state index contributed by atoms with van der Waals surface area (Å²) in [5.41, 5.74) is 0.273. The molecule has 0 spiro atoms. The number of carboxylic acid groups (broad SMARTS) is 1. The van der Waals surface area contributed by atoms with Crippen LogP contribution in [0, 0.1) is 5.41 Å². The summed E-state index contributed by atoms with van der Waals surface area (Å²) in [6.07, 6.45) is 0.500. The molecule has 1 aliphatic rings. The Hall–Kier alpha value is -2.24. The van der Waals surface area contributed by atoms with Gasteiger partial charge in [-0.2, -0.15) is 0 Å². The second-order valence-corrected chi connectivity index (χ2v) is 6.03. The van der Waals surface area contributed by atoms with Crippen LogP contribution in [-0.4, -0.2) is 55.2 Å². The number of aliphatic carboxylic acids is 1. The molecule has 1 unspecified atom stereocenters. The van der Waals surface area contributed by atoms with Gasteiger partial charge in [-0.05, 0) is 25.5 Å². The van der Waals surface area contributed by atoms with Crippen LogP contribution in [0.4, 0.5) is 10.5 Å². The number of carbonyl (C=O) groups is 2. The zero-order chi connectivity index (χ0) is 16.2. The van der Waals surface area contributed by atoms with E-state index >= 15 is 0 Å². The predicted molar refractivity (Wildman–Crippen MR) is 85.0 cm³/mol. The molecule has 2 N–H and O–H groups in total. The van der Waals surface area contributed by atoms with Gasteiger partial charge in [0.15, 0.2) is 0 Å². The van der Waals surface area contributed by atoms with Gasteiger partial charge in [0.05, 0.1) is 5.41 Å². The molecule has 1 atom stereocenters. The van der Waals surface area contributed by atoms with Gasteiger partial charge in [0.25, 0.3) is 0 Å². The topological polar surface area (TPSA) is 72.9 Å². The Bertz CT molecular complexity index is 535. The van der Waals surface area contributed by atoms with Crippen molar-refractivity contribution in [2.75, 3.05) is 38.1 Å². The maximum Gasteiger partial charge on any atom is 0.317 e. The Balaban J connectivity index is 1.76. The Morgan fingerprint density at radius 3 is 2.64 bits per heavy atom. The summed E-state index contributed by atoms with van der Waals surface area (Å²) in [6, 6.07) is 9.75. The molecule has 1 heterocycles. The zero-order valence-corrected chi connectivity index (χ0v) is 13.1. The Kier molecular flexibility index (Phi) is 4.90. The van der Waals surface area contributed by atoms with Crippen molar-refractivity contribution in [3.63, 3.8) is 0 Å². The first-order valence-corrected chi connectivity index (χ1v) is 7.45. The van der Waals surface area contributed by atoms with E-state index in [1.165, 1.54) is 0 Å². The molecule has 0 aliphatic carbocycles. The van der Waals surface area contributed by atoms with E-state index in [0.717, 1.165) is 5.69 Å². The molecule has 2 rings (SSSR count). The largest absolute Gasteiger partial charge is 0.481 e. The van der Waals surface area contributed by atoms with Crippen molar-refractivity contribution in [2.24, 2.45) is 5.41 Å². The van der Waals surface area contributed by atoms with E-state index in [1.807, 2.05) is 37.4 Å². The number of carboxylic acids is 1. The third kappa shape index (κ3) is 3.69. The van der Waals surface area contributed by atoms with Crippen LogP contribution in [0.5, 0.6) is 0 Å². The average Bonchev–Trinajstić information content (AvgIpc) is 2.92. The maximum absolute atomic E-state index is 12.1. The first kappa shape index (κ1) is 16.1. The molecule has 6 nitrogen and oxygen atoms in total. The van der Waals surface area contributed by atoms with Crippen LogP contribution in [0.1, 0.15) is 13.3 Å². The molecule has 0 radical (unpaired) electrons. The smallest absolute Gasteiger partial charge is 0.317 e. The highest BCUT2D eigenvalue weighted by atomic mass is 16.4. The van der Waals surface area contributed by atoms with Crippen LogP contribution in [0.25, 0.3) is 0 Å². The first-order chi connectivity index (χ1) is 10.4. The molecular weight excluding hydrogens is 282 g/mol. The molecule has 1 saturated heterocycles. The number of nitrogens with zero attached hydrogens (tertiary/aromatic N) is 2. The van der Waals surface area contributed by atoms with E-state index in [1.54, 1.807) is 11.8 Å². The third-order valence-electron chi connectivity index (χ3n) is 4.20. The Labute approximate surface area is 130 Å². The lowest BCUT2D eigenvalue weighted by atomic mass is 9.90. The third-order valence-corrected chi connectivity index (χ3v) is 4.20. The number of benzene rings is 1. The van der Waals surface area contributed by atoms with Crippen LogP contribution in [-0.2, 0) is 4.79 Å². The minimum absolute atomic E-state index is 0.188. The highest BCUT2D eigenvalue weighted by Crippen LogP contribution is 2.29. The molecule has 6 heteroatoms. The minimum atomic E-state index is -0.841. The van der Waals surface area contributed by atoms with Crippen LogP contribution in [0.15, 0.2) is 30.3 Å². The summed E-state index contributed by atoms with van der Waals surface area (Å²) in [6.45, 7) is 3.65. The van der Waals surface area contributed by atoms with Gasteiger partial charge in [-0.3, -0.25) is 4.79 Å². The van der Waals surface area contributed by atoms with E-state index in [4.69, 9.17) is 0 Å². The number of nitrogens with one attached hydrogen (secondary N) is 1. The van der Waals surface area contributed by atoms with E-state index in [9.17, 15) is 14.7 Å². The molecule has 120 valence electrons. The number of likely N-dealkylation sites (N-methyl/N-ethyl adjacent to an activating group) is 1. The summed E-state index contributed by atoms with van der Waals surface area (Å²) in [4.78, 5) is 26.9. The van der Waals surface area contributed by atoms with Crippen molar-refractivity contribution in [1.82, 2.24) is 10.2 Å². The van der Waals surface area contributed by atoms with Crippen molar-refractivity contribution in [2.45, 2.75) is 13.3 Å². The van der Waals surface area contributed by atoms with Gasteiger partial charge in [0.2, 0.25) is 0 Å². The number of rotatable bonds is 5. The summed E-state index contributed by atoms with van der Waals surface area (Å²) >= 11 is 0. The fourth-order valence-corrected chi connectivity index (χ4v) is 2.56. The molecule has 1 fully saturated rings. The molecule has 0 aromatic heterocycles. The number of urea groups is 1. The standard InChI is InChI=1S/C16H23N3O3/c1-16(14(20)21)8-10-19(12-16)15(22)17-9-11-18(2)13-6-4-3-5-7-13/h3-7H,8-12H2,1-2H3,(H,17,22)(H,20,21). The van der Waals surface area contributed by atoms with Crippen molar-refractivity contribution in [3.05, 3.63) is 30.3 Å². The summed E-state index contributed by atoms with van der Waals surface area (Å²) < 4.78 is 0. The van der Waals surface area contributed by atoms with Crippen molar-refractivity contribution in [3.8, 4) is 0 Å². The Morgan fingerprint density at radius 2 is 2.05 bits per heavy atom. The number of likely N-dealkylation sites (tertiary alicyclic amines) is 1. The lowest BCUT2D eigenvalue weighted by Gasteiger charge is -2.22. The van der Waals surface area contributed by atoms with E-state index in [0.29, 0.717) is 26.1 Å². The number of amides is 2. The highest BCUT2D eigenvalue weighted by molar-refractivity contribution is 5.79. The van der Waals surface area contributed by atoms with Gasteiger partial charge < -0.3 is 20.2 Å². The minimum Gasteiger partial charge on any atom is -0.481 e. The van der Waals surface area contributed by atoms with Crippen LogP contribution >= 0.6 is 0 Å². The van der Waals surface area contributed by atoms with Crippen molar-refractivity contribution in [1.29, 1.82) is 0 Å². The van der Waals surface area contributed by atoms with Crippen LogP contribution in [0.3, 0.4) is 0 Å². The van der Waals surface area contributed by atoms with E-state index in [-0.39, 0.29) is 12.6 Å². The number of hydrogen-bond acceptors (Lipinski definition) is 3. The zero-order valence-electron chi connectivity index (χ0n) is 13.1. The number of hydrogen-bond donors (Lipinski definition) is 2. The molecule has 1 aromatic carbocycles. The summed E-state index contributed by atoms with van der Waals surface area (Å²) in [5, 5.41) is 12.0. The van der Waals surface area contributed by atoms with Gasteiger partial charge in [-0.25, -0.2) is 4.79 Å². The molecule has 0 saturated carbocycles. The first-order valence-electron chi connectivity index (χ1n) is 7.45. The summed E-state index contributed by atoms with van der Waals surface area (Å²) in [5.74, 6) is -0.841. The molecule has 1 aromatic rings. The van der Waals surface area contributed by atoms with Gasteiger partial charge in [-0.15, -0.1) is 0 Å². The SMILES string of the molecule is CN(CCNC(=O)N1CCC(C)(C(=O)O)C1)c1ccccc1. The molecule has 0 bridgehead atoms. The molecule has 22 heavy (non-hydrogen) atoms. The fraction of sp³-hybridized carbons (Fsp3) is 0.500. The Morgan fingerprint density at radius 1 is 1.36 bits per heavy atom. The quantitative estimate of drug-likeness (QED) is 0.867. The second kappa shape index (κ2) is 6.68. The fourth-order valence-electron chi connectivity index (χ4n) is 2.56. The number of para-hydroxylation sites is 1. The highest BCUT2D eigenvalue weighted by Gasteiger charge is 2.42. The van der Waals surface area contributed by atoms with Gasteiger partial charge in [0, 0.05) is 38.9 Å². The number of anilines is 1. The van der Waals surface area contributed by atoms with Gasteiger partial charge in [-0.1, -0.05) is 18.2 Å². The summed E-state index contributed by atoms with van der Waals surface area (Å²) in [7, 11) is 1.97.